The van der Waals surface area contributed by atoms with Crippen molar-refractivity contribution in [3.8, 4) is 0 Å². The number of benzene rings is 2. The predicted molar refractivity (Wildman–Crippen MR) is 101 cm³/mol. The summed E-state index contributed by atoms with van der Waals surface area (Å²) in [6.07, 6.45) is 1.70. The molecule has 0 bridgehead atoms. The van der Waals surface area contributed by atoms with E-state index < -0.39 is 29.1 Å². The molecule has 3 saturated heterocycles. The highest BCUT2D eigenvalue weighted by Gasteiger charge is 2.78. The zero-order valence-corrected chi connectivity index (χ0v) is 15.5. The van der Waals surface area contributed by atoms with Crippen molar-refractivity contribution in [2.75, 3.05) is 16.8 Å². The van der Waals surface area contributed by atoms with E-state index in [2.05, 4.69) is 5.32 Å². The minimum absolute atomic E-state index is 0.0908. The SMILES string of the molecule is O=C1[C@@H]2[C@H]3CCC[NH+]3[C@@]3(C(=O)Nc4ccccc43)[C@H]2C(=O)N1c1cccc(F)c1. The van der Waals surface area contributed by atoms with Crippen LogP contribution in [0.1, 0.15) is 18.4 Å². The summed E-state index contributed by atoms with van der Waals surface area (Å²) in [6.45, 7) is 0.750. The molecule has 29 heavy (non-hydrogen) atoms. The molecule has 2 aromatic rings. The fourth-order valence-corrected chi connectivity index (χ4v) is 6.29. The molecule has 7 heteroatoms. The molecule has 0 aliphatic carbocycles. The lowest BCUT2D eigenvalue weighted by atomic mass is 9.75. The van der Waals surface area contributed by atoms with E-state index in [1.165, 1.54) is 18.2 Å². The topological polar surface area (TPSA) is 70.9 Å². The number of quaternary nitrogens is 1. The Kier molecular flexibility index (Phi) is 3.20. The second-order valence-electron chi connectivity index (χ2n) is 8.33. The smallest absolute Gasteiger partial charge is 0.291 e. The number of imide groups is 1. The minimum Gasteiger partial charge on any atom is -0.320 e. The van der Waals surface area contributed by atoms with Gasteiger partial charge in [-0.15, -0.1) is 0 Å². The molecule has 6 nitrogen and oxygen atoms in total. The highest BCUT2D eigenvalue weighted by molar-refractivity contribution is 6.25. The third-order valence-electron chi connectivity index (χ3n) is 7.19. The summed E-state index contributed by atoms with van der Waals surface area (Å²) < 4.78 is 13.8. The molecule has 2 N–H and O–H groups in total. The molecule has 3 amide bonds. The van der Waals surface area contributed by atoms with Crippen LogP contribution in [0.15, 0.2) is 48.5 Å². The van der Waals surface area contributed by atoms with E-state index in [1.54, 1.807) is 6.07 Å². The van der Waals surface area contributed by atoms with Gasteiger partial charge in [0.15, 0.2) is 0 Å². The Balaban J connectivity index is 1.56. The molecule has 146 valence electrons. The van der Waals surface area contributed by atoms with Gasteiger partial charge in [0.2, 0.25) is 17.4 Å². The van der Waals surface area contributed by atoms with Gasteiger partial charge in [-0.1, -0.05) is 24.3 Å². The summed E-state index contributed by atoms with van der Waals surface area (Å²) in [5.74, 6) is -2.78. The minimum atomic E-state index is -1.10. The van der Waals surface area contributed by atoms with Crippen LogP contribution in [0.25, 0.3) is 0 Å². The molecular formula is C22H19FN3O3+. The van der Waals surface area contributed by atoms with Gasteiger partial charge in [-0.3, -0.25) is 14.4 Å². The van der Waals surface area contributed by atoms with Gasteiger partial charge >= 0.3 is 0 Å². The number of carbonyl (C=O) groups excluding carboxylic acids is 3. The van der Waals surface area contributed by atoms with Gasteiger partial charge in [0, 0.05) is 18.4 Å². The highest BCUT2D eigenvalue weighted by Crippen LogP contribution is 2.52. The van der Waals surface area contributed by atoms with Crippen molar-refractivity contribution in [2.24, 2.45) is 11.8 Å². The van der Waals surface area contributed by atoms with E-state index in [0.29, 0.717) is 5.69 Å². The van der Waals surface area contributed by atoms with Crippen LogP contribution in [0.4, 0.5) is 15.8 Å². The average Bonchev–Trinajstić information content (AvgIpc) is 3.40. The number of hydrogen-bond donors (Lipinski definition) is 2. The lowest BCUT2D eigenvalue weighted by Crippen LogP contribution is -3.19. The van der Waals surface area contributed by atoms with Crippen molar-refractivity contribution < 1.29 is 23.7 Å². The van der Waals surface area contributed by atoms with Gasteiger partial charge < -0.3 is 10.2 Å². The molecule has 1 spiro atoms. The van der Waals surface area contributed by atoms with Gasteiger partial charge in [-0.25, -0.2) is 9.29 Å². The molecule has 4 aliphatic heterocycles. The van der Waals surface area contributed by atoms with Crippen LogP contribution in [-0.4, -0.2) is 30.3 Å². The predicted octanol–water partition coefficient (Wildman–Crippen LogP) is 0.840. The Bertz CT molecular complexity index is 1100. The lowest BCUT2D eigenvalue weighted by molar-refractivity contribution is -0.948. The zero-order valence-electron chi connectivity index (χ0n) is 15.5. The number of hydrogen-bond acceptors (Lipinski definition) is 3. The van der Waals surface area contributed by atoms with Gasteiger partial charge in [-0.2, -0.15) is 0 Å². The van der Waals surface area contributed by atoms with E-state index in [-0.39, 0.29) is 23.5 Å². The fourth-order valence-electron chi connectivity index (χ4n) is 6.29. The van der Waals surface area contributed by atoms with Crippen LogP contribution in [0, 0.1) is 17.7 Å². The third kappa shape index (κ3) is 1.86. The number of halogens is 1. The quantitative estimate of drug-likeness (QED) is 0.707. The van der Waals surface area contributed by atoms with Crippen molar-refractivity contribution in [1.82, 2.24) is 0 Å². The van der Waals surface area contributed by atoms with E-state index in [0.717, 1.165) is 34.7 Å². The van der Waals surface area contributed by atoms with Crippen molar-refractivity contribution in [1.29, 1.82) is 0 Å². The number of rotatable bonds is 1. The lowest BCUT2D eigenvalue weighted by Gasteiger charge is -2.33. The Labute approximate surface area is 166 Å². The summed E-state index contributed by atoms with van der Waals surface area (Å²) in [6, 6.07) is 12.9. The van der Waals surface area contributed by atoms with Crippen molar-refractivity contribution in [3.05, 3.63) is 59.9 Å². The number of fused-ring (bicyclic) bond motifs is 7. The maximum Gasteiger partial charge on any atom is 0.291 e. The van der Waals surface area contributed by atoms with Gasteiger partial charge in [0.05, 0.1) is 17.9 Å². The third-order valence-corrected chi connectivity index (χ3v) is 7.19. The van der Waals surface area contributed by atoms with Gasteiger partial charge in [0.25, 0.3) is 5.91 Å². The fraction of sp³-hybridized carbons (Fsp3) is 0.318. The molecule has 6 rings (SSSR count). The molecule has 0 aromatic heterocycles. The van der Waals surface area contributed by atoms with E-state index >= 15 is 0 Å². The second-order valence-corrected chi connectivity index (χ2v) is 8.33. The largest absolute Gasteiger partial charge is 0.320 e. The molecule has 2 aromatic carbocycles. The van der Waals surface area contributed by atoms with Crippen molar-refractivity contribution >= 4 is 29.1 Å². The molecule has 5 atom stereocenters. The first kappa shape index (κ1) is 16.9. The first-order chi connectivity index (χ1) is 14.0. The van der Waals surface area contributed by atoms with Crippen LogP contribution < -0.4 is 15.1 Å². The number of nitrogens with one attached hydrogen (secondary N) is 2. The molecule has 3 fully saturated rings. The normalized spacial score (nSPS) is 34.5. The Morgan fingerprint density at radius 2 is 1.90 bits per heavy atom. The van der Waals surface area contributed by atoms with Crippen LogP contribution in [-0.2, 0) is 19.9 Å². The molecule has 0 saturated carbocycles. The average molecular weight is 392 g/mol. The van der Waals surface area contributed by atoms with Crippen molar-refractivity contribution in [2.45, 2.75) is 24.4 Å². The molecular weight excluding hydrogens is 373 g/mol. The van der Waals surface area contributed by atoms with Crippen LogP contribution in [0.5, 0.6) is 0 Å². The standard InChI is InChI=1S/C22H18FN3O3/c23-12-5-3-6-13(11-12)26-19(27)17-16-9-4-10-25(16)22(18(17)20(26)28)14-7-1-2-8-15(14)24-21(22)29/h1-3,5-8,11,16-18H,4,9-10H2,(H,24,29)/p+1/t16-,17-,18-,22-/m1/s1. The maximum absolute atomic E-state index is 13.8. The van der Waals surface area contributed by atoms with Gasteiger partial charge in [0.1, 0.15) is 23.7 Å². The number of carbonyl (C=O) groups is 3. The highest BCUT2D eigenvalue weighted by atomic mass is 19.1. The molecule has 1 unspecified atom stereocenters. The van der Waals surface area contributed by atoms with Gasteiger partial charge in [-0.05, 0) is 24.3 Å². The first-order valence-electron chi connectivity index (χ1n) is 9.95. The number of anilines is 2. The first-order valence-corrected chi connectivity index (χ1v) is 9.95. The summed E-state index contributed by atoms with van der Waals surface area (Å²) >= 11 is 0. The molecule has 0 radical (unpaired) electrons. The number of para-hydroxylation sites is 1. The number of nitrogens with zero attached hydrogens (tertiary/aromatic N) is 1. The van der Waals surface area contributed by atoms with Crippen LogP contribution >= 0.6 is 0 Å². The summed E-state index contributed by atoms with van der Waals surface area (Å²) in [5.41, 5.74) is 0.634. The van der Waals surface area contributed by atoms with E-state index in [4.69, 9.17) is 0 Å². The van der Waals surface area contributed by atoms with Crippen molar-refractivity contribution in [3.63, 3.8) is 0 Å². The molecule has 4 aliphatic rings. The monoisotopic (exact) mass is 392 g/mol. The zero-order chi connectivity index (χ0) is 19.9. The number of amides is 3. The van der Waals surface area contributed by atoms with E-state index in [9.17, 15) is 18.8 Å². The summed E-state index contributed by atoms with van der Waals surface area (Å²) in [4.78, 5) is 42.6. The summed E-state index contributed by atoms with van der Waals surface area (Å²) in [5, 5.41) is 2.95. The Morgan fingerprint density at radius 1 is 1.07 bits per heavy atom. The Morgan fingerprint density at radius 3 is 2.72 bits per heavy atom. The van der Waals surface area contributed by atoms with Crippen LogP contribution in [0.2, 0.25) is 0 Å². The Hall–Kier alpha value is -3.06. The van der Waals surface area contributed by atoms with E-state index in [1.807, 2.05) is 24.3 Å². The maximum atomic E-state index is 13.8. The second kappa shape index (κ2) is 5.51. The van der Waals surface area contributed by atoms with Crippen LogP contribution in [0.3, 0.4) is 0 Å². The summed E-state index contributed by atoms with van der Waals surface area (Å²) in [7, 11) is 0. The molecule has 4 heterocycles.